The smallest absolute Gasteiger partial charge is 0.268 e. The molecule has 0 amide bonds. The van der Waals surface area contributed by atoms with Crippen molar-refractivity contribution in [2.45, 2.75) is 13.3 Å². The van der Waals surface area contributed by atoms with E-state index in [-0.39, 0.29) is 17.7 Å². The topological polar surface area (TPSA) is 56.0 Å². The van der Waals surface area contributed by atoms with Gasteiger partial charge in [-0.3, -0.25) is 4.79 Å². The van der Waals surface area contributed by atoms with Crippen LogP contribution in [0.2, 0.25) is 0 Å². The third-order valence-electron chi connectivity index (χ3n) is 1.58. The monoisotopic (exact) mass is 186 g/mol. The maximum Gasteiger partial charge on any atom is 0.268 e. The second kappa shape index (κ2) is 3.47. The Morgan fingerprint density at radius 1 is 1.62 bits per heavy atom. The zero-order valence-corrected chi connectivity index (χ0v) is 6.92. The maximum atomic E-state index is 12.3. The number of anilines is 1. The first-order valence-corrected chi connectivity index (χ1v) is 3.56. The van der Waals surface area contributed by atoms with Gasteiger partial charge in [0.1, 0.15) is 5.69 Å². The van der Waals surface area contributed by atoms with Crippen LogP contribution in [0.15, 0.2) is 6.07 Å². The van der Waals surface area contributed by atoms with Gasteiger partial charge in [-0.2, -0.15) is 0 Å². The summed E-state index contributed by atoms with van der Waals surface area (Å²) in [5, 5.41) is 0. The molecule has 0 aromatic carbocycles. The van der Waals surface area contributed by atoms with E-state index in [4.69, 9.17) is 5.73 Å². The number of rotatable bonds is 2. The first kappa shape index (κ1) is 9.57. The Balaban J connectivity index is 3.38. The lowest BCUT2D eigenvalue weighted by molar-refractivity contribution is 0.110. The number of aromatic nitrogens is 1. The minimum Gasteiger partial charge on any atom is -0.398 e. The van der Waals surface area contributed by atoms with E-state index < -0.39 is 12.0 Å². The second-order valence-electron chi connectivity index (χ2n) is 2.57. The van der Waals surface area contributed by atoms with Crippen LogP contribution in [0.3, 0.4) is 0 Å². The van der Waals surface area contributed by atoms with E-state index >= 15 is 0 Å². The summed E-state index contributed by atoms with van der Waals surface area (Å²) in [6.07, 6.45) is -2.49. The summed E-state index contributed by atoms with van der Waals surface area (Å²) in [4.78, 5) is 14.0. The standard InChI is InChI=1S/C8H8F2N2O/c1-4-2-5(11)7(8(9)10)6(3-13)12-4/h2-3,8H,1H3,(H2,11,12). The summed E-state index contributed by atoms with van der Waals surface area (Å²) in [5.74, 6) is 0. The van der Waals surface area contributed by atoms with Gasteiger partial charge in [-0.25, -0.2) is 13.8 Å². The largest absolute Gasteiger partial charge is 0.398 e. The number of halogens is 2. The number of hydrogen-bond acceptors (Lipinski definition) is 3. The van der Waals surface area contributed by atoms with Gasteiger partial charge in [0.25, 0.3) is 6.43 Å². The molecule has 0 atom stereocenters. The summed E-state index contributed by atoms with van der Waals surface area (Å²) in [5.41, 5.74) is 4.90. The molecule has 2 N–H and O–H groups in total. The van der Waals surface area contributed by atoms with E-state index in [1.807, 2.05) is 0 Å². The molecule has 13 heavy (non-hydrogen) atoms. The number of carbonyl (C=O) groups excluding carboxylic acids is 1. The fourth-order valence-corrected chi connectivity index (χ4v) is 1.06. The Labute approximate surface area is 73.6 Å². The normalized spacial score (nSPS) is 10.5. The van der Waals surface area contributed by atoms with Gasteiger partial charge in [-0.05, 0) is 13.0 Å². The molecule has 0 aliphatic rings. The maximum absolute atomic E-state index is 12.3. The summed E-state index contributed by atoms with van der Waals surface area (Å²) < 4.78 is 24.7. The molecule has 0 spiro atoms. The Bertz CT molecular complexity index is 339. The van der Waals surface area contributed by atoms with Crippen LogP contribution in [0.25, 0.3) is 0 Å². The highest BCUT2D eigenvalue weighted by Gasteiger charge is 2.17. The highest BCUT2D eigenvalue weighted by atomic mass is 19.3. The van der Waals surface area contributed by atoms with Crippen LogP contribution in [0, 0.1) is 6.92 Å². The quantitative estimate of drug-likeness (QED) is 0.715. The van der Waals surface area contributed by atoms with Crippen molar-refractivity contribution >= 4 is 12.0 Å². The predicted molar refractivity (Wildman–Crippen MR) is 43.7 cm³/mol. The first-order valence-electron chi connectivity index (χ1n) is 3.56. The lowest BCUT2D eigenvalue weighted by atomic mass is 10.1. The molecule has 0 aliphatic carbocycles. The number of nitrogen functional groups attached to an aromatic ring is 1. The number of carbonyl (C=O) groups is 1. The van der Waals surface area contributed by atoms with Crippen molar-refractivity contribution in [1.29, 1.82) is 0 Å². The fraction of sp³-hybridized carbons (Fsp3) is 0.250. The third kappa shape index (κ3) is 1.80. The highest BCUT2D eigenvalue weighted by Crippen LogP contribution is 2.27. The summed E-state index contributed by atoms with van der Waals surface area (Å²) in [6.45, 7) is 1.58. The molecule has 1 rings (SSSR count). The molecule has 3 nitrogen and oxygen atoms in total. The van der Waals surface area contributed by atoms with Crippen LogP contribution in [-0.2, 0) is 0 Å². The van der Waals surface area contributed by atoms with E-state index in [1.54, 1.807) is 6.92 Å². The van der Waals surface area contributed by atoms with Crippen molar-refractivity contribution in [2.24, 2.45) is 0 Å². The zero-order valence-electron chi connectivity index (χ0n) is 6.92. The molecule has 1 aromatic rings. The zero-order chi connectivity index (χ0) is 10.0. The summed E-state index contributed by atoms with van der Waals surface area (Å²) in [6, 6.07) is 1.31. The number of aryl methyl sites for hydroxylation is 1. The Kier molecular flexibility index (Phi) is 2.55. The van der Waals surface area contributed by atoms with Crippen LogP contribution >= 0.6 is 0 Å². The van der Waals surface area contributed by atoms with Crippen molar-refractivity contribution in [3.8, 4) is 0 Å². The average Bonchev–Trinajstić information content (AvgIpc) is 2.01. The van der Waals surface area contributed by atoms with Gasteiger partial charge in [-0.15, -0.1) is 0 Å². The number of alkyl halides is 2. The van der Waals surface area contributed by atoms with Crippen LogP contribution in [0.1, 0.15) is 28.2 Å². The lowest BCUT2D eigenvalue weighted by Crippen LogP contribution is -2.04. The van der Waals surface area contributed by atoms with Crippen molar-refractivity contribution in [1.82, 2.24) is 4.98 Å². The van der Waals surface area contributed by atoms with Gasteiger partial charge < -0.3 is 5.73 Å². The Morgan fingerprint density at radius 2 is 2.23 bits per heavy atom. The van der Waals surface area contributed by atoms with E-state index in [9.17, 15) is 13.6 Å². The molecular formula is C8H8F2N2O. The van der Waals surface area contributed by atoms with Crippen LogP contribution in [-0.4, -0.2) is 11.3 Å². The number of nitrogens with zero attached hydrogens (tertiary/aromatic N) is 1. The highest BCUT2D eigenvalue weighted by molar-refractivity contribution is 5.77. The van der Waals surface area contributed by atoms with Crippen LogP contribution in [0.4, 0.5) is 14.5 Å². The molecule has 70 valence electrons. The van der Waals surface area contributed by atoms with Gasteiger partial charge in [0.15, 0.2) is 6.29 Å². The van der Waals surface area contributed by atoms with Crippen molar-refractivity contribution in [3.05, 3.63) is 23.0 Å². The molecule has 0 fully saturated rings. The molecule has 0 unspecified atom stereocenters. The summed E-state index contributed by atoms with van der Waals surface area (Å²) in [7, 11) is 0. The Morgan fingerprint density at radius 3 is 2.69 bits per heavy atom. The van der Waals surface area contributed by atoms with Gasteiger partial charge in [0.05, 0.1) is 5.56 Å². The number of hydrogen-bond donors (Lipinski definition) is 1. The molecule has 1 heterocycles. The molecule has 0 aliphatic heterocycles. The van der Waals surface area contributed by atoms with Crippen LogP contribution < -0.4 is 5.73 Å². The second-order valence-corrected chi connectivity index (χ2v) is 2.57. The van der Waals surface area contributed by atoms with Gasteiger partial charge in [-0.1, -0.05) is 0 Å². The van der Waals surface area contributed by atoms with Crippen LogP contribution in [0.5, 0.6) is 0 Å². The Hall–Kier alpha value is -1.52. The van der Waals surface area contributed by atoms with Crippen molar-refractivity contribution in [3.63, 3.8) is 0 Å². The van der Waals surface area contributed by atoms with Gasteiger partial charge >= 0.3 is 0 Å². The fourth-order valence-electron chi connectivity index (χ4n) is 1.06. The van der Waals surface area contributed by atoms with E-state index in [0.717, 1.165) is 0 Å². The molecule has 0 radical (unpaired) electrons. The predicted octanol–water partition coefficient (Wildman–Crippen LogP) is 1.72. The minimum absolute atomic E-state index is 0.0930. The summed E-state index contributed by atoms with van der Waals surface area (Å²) >= 11 is 0. The number of pyridine rings is 1. The van der Waals surface area contributed by atoms with E-state index in [2.05, 4.69) is 4.98 Å². The third-order valence-corrected chi connectivity index (χ3v) is 1.58. The molecule has 0 saturated heterocycles. The van der Waals surface area contributed by atoms with Gasteiger partial charge in [0, 0.05) is 11.4 Å². The lowest BCUT2D eigenvalue weighted by Gasteiger charge is -2.07. The molecule has 0 saturated carbocycles. The number of nitrogens with two attached hydrogens (primary N) is 1. The average molecular weight is 186 g/mol. The molecule has 0 bridgehead atoms. The molecule has 5 heteroatoms. The van der Waals surface area contributed by atoms with Gasteiger partial charge in [0.2, 0.25) is 0 Å². The minimum atomic E-state index is -2.77. The van der Waals surface area contributed by atoms with E-state index in [1.165, 1.54) is 6.07 Å². The van der Waals surface area contributed by atoms with Crippen molar-refractivity contribution < 1.29 is 13.6 Å². The van der Waals surface area contributed by atoms with Crippen molar-refractivity contribution in [2.75, 3.05) is 5.73 Å². The number of aldehydes is 1. The molecule has 1 aromatic heterocycles. The SMILES string of the molecule is Cc1cc(N)c(C(F)F)c(C=O)n1. The first-order chi connectivity index (χ1) is 6.06. The molecular weight excluding hydrogens is 178 g/mol. The van der Waals surface area contributed by atoms with E-state index in [0.29, 0.717) is 5.69 Å².